The smallest absolute Gasteiger partial charge is 0.322 e. The van der Waals surface area contributed by atoms with E-state index in [9.17, 15) is 14.7 Å². The molecule has 1 rings (SSSR count). The van der Waals surface area contributed by atoms with Gasteiger partial charge in [-0.25, -0.2) is 0 Å². The molecule has 1 N–H and O–H groups in total. The van der Waals surface area contributed by atoms with E-state index < -0.39 is 11.0 Å². The van der Waals surface area contributed by atoms with E-state index in [1.54, 1.807) is 18.2 Å². The van der Waals surface area contributed by atoms with Gasteiger partial charge in [0.15, 0.2) is 0 Å². The van der Waals surface area contributed by atoms with E-state index >= 15 is 0 Å². The van der Waals surface area contributed by atoms with Crippen molar-refractivity contribution in [3.63, 3.8) is 0 Å². The maximum atomic E-state index is 10.0. The zero-order valence-corrected chi connectivity index (χ0v) is 9.12. The summed E-state index contributed by atoms with van der Waals surface area (Å²) >= 11 is 8.81. The minimum Gasteiger partial charge on any atom is -0.322 e. The van der Waals surface area contributed by atoms with Crippen LogP contribution in [-0.2, 0) is 4.57 Å². The van der Waals surface area contributed by atoms with Crippen molar-refractivity contribution in [2.75, 3.05) is 0 Å². The molecule has 0 spiro atoms. The van der Waals surface area contributed by atoms with E-state index in [2.05, 4.69) is 22.5 Å². The van der Waals surface area contributed by atoms with E-state index in [1.807, 2.05) is 0 Å². The Morgan fingerprint density at radius 1 is 1.29 bits per heavy atom. The van der Waals surface area contributed by atoms with Gasteiger partial charge in [-0.15, -0.1) is 0 Å². The lowest BCUT2D eigenvalue weighted by Gasteiger charge is -1.85. The minimum atomic E-state index is -3.69. The molecule has 0 unspecified atom stereocenters. The fourth-order valence-electron chi connectivity index (χ4n) is 0.550. The maximum absolute atomic E-state index is 10.0. The second-order valence-corrected chi connectivity index (χ2v) is 6.17. The minimum absolute atomic E-state index is 0.137. The predicted octanol–water partition coefficient (Wildman–Crippen LogP) is 3.16. The van der Waals surface area contributed by atoms with Gasteiger partial charge < -0.3 is 4.89 Å². The Hall–Kier alpha value is -0.610. The number of nitro benzene ring substituents is 1. The van der Waals surface area contributed by atoms with Crippen LogP contribution in [0.25, 0.3) is 0 Å². The van der Waals surface area contributed by atoms with Gasteiger partial charge in [-0.3, -0.25) is 14.7 Å². The van der Waals surface area contributed by atoms with Gasteiger partial charge in [-0.2, -0.15) is 0 Å². The highest BCUT2D eigenvalue weighted by Gasteiger charge is 2.02. The van der Waals surface area contributed by atoms with Crippen molar-refractivity contribution in [3.05, 3.63) is 40.4 Å². The molecular formula is C6H6Cl2NO4P. The normalized spacial score (nSPS) is 9.93. The first-order valence-electron chi connectivity index (χ1n) is 3.22. The molecule has 0 aliphatic heterocycles. The Kier molecular flexibility index (Phi) is 5.72. The van der Waals surface area contributed by atoms with Crippen LogP contribution in [0, 0.1) is 10.1 Å². The van der Waals surface area contributed by atoms with Crippen molar-refractivity contribution < 1.29 is 14.4 Å². The molecule has 1 aromatic carbocycles. The number of benzene rings is 1. The van der Waals surface area contributed by atoms with Gasteiger partial charge in [-0.1, -0.05) is 18.2 Å². The number of hydrogen-bond donors (Lipinski definition) is 1. The molecule has 8 heteroatoms. The van der Waals surface area contributed by atoms with E-state index in [0.717, 1.165) is 0 Å². The van der Waals surface area contributed by atoms with Crippen LogP contribution >= 0.6 is 28.6 Å². The van der Waals surface area contributed by atoms with Crippen LogP contribution in [0.2, 0.25) is 0 Å². The third-order valence-electron chi connectivity index (χ3n) is 0.967. The first kappa shape index (κ1) is 13.4. The van der Waals surface area contributed by atoms with Crippen LogP contribution in [0.15, 0.2) is 30.3 Å². The van der Waals surface area contributed by atoms with Gasteiger partial charge >= 0.3 is 6.07 Å². The third kappa shape index (κ3) is 9.48. The van der Waals surface area contributed by atoms with Gasteiger partial charge in [0.2, 0.25) is 0 Å². The lowest BCUT2D eigenvalue weighted by molar-refractivity contribution is -0.384. The monoisotopic (exact) mass is 257 g/mol. The number of para-hydroxylation sites is 1. The SMILES string of the molecule is O=P(O)(Cl)Cl.O=[N+]([O-])c1ccccc1. The topological polar surface area (TPSA) is 80.4 Å². The summed E-state index contributed by atoms with van der Waals surface area (Å²) in [6.45, 7) is 0. The number of nitrogens with zero attached hydrogens (tertiary/aromatic N) is 1. The average Bonchev–Trinajstić information content (AvgIpc) is 2.03. The molecule has 0 radical (unpaired) electrons. The molecule has 1 aromatic rings. The van der Waals surface area contributed by atoms with Crippen molar-refractivity contribution in [2.24, 2.45) is 0 Å². The lowest BCUT2D eigenvalue weighted by Crippen LogP contribution is -1.84. The molecule has 0 aromatic heterocycles. The molecule has 5 nitrogen and oxygen atoms in total. The number of rotatable bonds is 1. The number of hydrogen-bond acceptors (Lipinski definition) is 3. The van der Waals surface area contributed by atoms with Gasteiger partial charge in [0.25, 0.3) is 5.69 Å². The lowest BCUT2D eigenvalue weighted by atomic mass is 10.3. The Balaban J connectivity index is 0.000000292. The summed E-state index contributed by atoms with van der Waals surface area (Å²) in [6, 6.07) is 7.93. The van der Waals surface area contributed by atoms with Crippen LogP contribution in [0.1, 0.15) is 0 Å². The van der Waals surface area contributed by atoms with E-state index in [-0.39, 0.29) is 5.69 Å². The first-order valence-corrected chi connectivity index (χ1v) is 6.69. The highest BCUT2D eigenvalue weighted by atomic mass is 35.9. The molecule has 0 aliphatic rings. The molecular weight excluding hydrogens is 252 g/mol. The molecule has 0 saturated carbocycles. The van der Waals surface area contributed by atoms with Crippen molar-refractivity contribution in [3.8, 4) is 0 Å². The maximum Gasteiger partial charge on any atom is 0.377 e. The molecule has 14 heavy (non-hydrogen) atoms. The summed E-state index contributed by atoms with van der Waals surface area (Å²) in [4.78, 5) is 17.2. The summed E-state index contributed by atoms with van der Waals surface area (Å²) in [7, 11) is 0. The molecule has 0 aliphatic carbocycles. The van der Waals surface area contributed by atoms with Gasteiger partial charge in [0.1, 0.15) is 0 Å². The predicted molar refractivity (Wildman–Crippen MR) is 54.6 cm³/mol. The fraction of sp³-hybridized carbons (Fsp3) is 0. The number of non-ortho nitro benzene ring substituents is 1. The first-order chi connectivity index (χ1) is 6.30. The second kappa shape index (κ2) is 5.98. The fourth-order valence-corrected chi connectivity index (χ4v) is 0.550. The van der Waals surface area contributed by atoms with Crippen LogP contribution in [0.3, 0.4) is 0 Å². The van der Waals surface area contributed by atoms with Crippen molar-refractivity contribution in [1.82, 2.24) is 0 Å². The Morgan fingerprint density at radius 3 is 1.86 bits per heavy atom. The zero-order chi connectivity index (χ0) is 11.2. The van der Waals surface area contributed by atoms with Crippen molar-refractivity contribution >= 4 is 34.2 Å². The van der Waals surface area contributed by atoms with Crippen LogP contribution < -0.4 is 0 Å². The number of halogens is 2. The average molecular weight is 258 g/mol. The van der Waals surface area contributed by atoms with Gasteiger partial charge in [-0.05, 0) is 22.5 Å². The number of nitro groups is 1. The molecule has 0 amide bonds. The quantitative estimate of drug-likeness (QED) is 0.476. The molecule has 0 atom stereocenters. The third-order valence-corrected chi connectivity index (χ3v) is 0.967. The molecule has 0 saturated heterocycles. The summed E-state index contributed by atoms with van der Waals surface area (Å²) in [5.74, 6) is 0. The van der Waals surface area contributed by atoms with Gasteiger partial charge in [0, 0.05) is 12.1 Å². The molecule has 0 heterocycles. The van der Waals surface area contributed by atoms with Crippen molar-refractivity contribution in [1.29, 1.82) is 0 Å². The second-order valence-electron chi connectivity index (χ2n) is 2.03. The highest BCUT2D eigenvalue weighted by Crippen LogP contribution is 2.51. The Bertz CT molecular complexity index is 331. The Morgan fingerprint density at radius 2 is 1.64 bits per heavy atom. The van der Waals surface area contributed by atoms with E-state index in [1.165, 1.54) is 12.1 Å². The van der Waals surface area contributed by atoms with E-state index in [0.29, 0.717) is 0 Å². The van der Waals surface area contributed by atoms with E-state index in [4.69, 9.17) is 4.89 Å². The largest absolute Gasteiger partial charge is 0.377 e. The van der Waals surface area contributed by atoms with Gasteiger partial charge in [0.05, 0.1) is 4.92 Å². The zero-order valence-electron chi connectivity index (χ0n) is 6.71. The van der Waals surface area contributed by atoms with Crippen molar-refractivity contribution in [2.45, 2.75) is 0 Å². The Labute approximate surface area is 89.5 Å². The standard InChI is InChI=1S/C6H5NO2.Cl2HO2P/c8-7(9)6-4-2-1-3-5-6;1-5(2,3)4/h1-5H;(H,3,4). The molecule has 0 bridgehead atoms. The van der Waals surface area contributed by atoms with Crippen LogP contribution in [0.5, 0.6) is 0 Å². The summed E-state index contributed by atoms with van der Waals surface area (Å²) in [5.41, 5.74) is 0.137. The summed E-state index contributed by atoms with van der Waals surface area (Å²) < 4.78 is 9.30. The highest BCUT2D eigenvalue weighted by molar-refractivity contribution is 8.04. The molecule has 0 fully saturated rings. The van der Waals surface area contributed by atoms with Crippen LogP contribution in [0.4, 0.5) is 5.69 Å². The van der Waals surface area contributed by atoms with Crippen LogP contribution in [-0.4, -0.2) is 9.82 Å². The summed E-state index contributed by atoms with van der Waals surface area (Å²) in [6.07, 6.45) is -3.69. The molecule has 78 valence electrons. The summed E-state index contributed by atoms with van der Waals surface area (Å²) in [5, 5.41) is 10.0.